The van der Waals surface area contributed by atoms with E-state index in [1.165, 1.54) is 0 Å². The summed E-state index contributed by atoms with van der Waals surface area (Å²) in [4.78, 5) is 39.2. The normalized spacial score (nSPS) is 13.4. The molecule has 0 aliphatic carbocycles. The van der Waals surface area contributed by atoms with E-state index in [9.17, 15) is 14.4 Å². The molecule has 140 valence electrons. The zero-order valence-corrected chi connectivity index (χ0v) is 15.7. The van der Waals surface area contributed by atoms with Crippen LogP contribution in [0.3, 0.4) is 0 Å². The van der Waals surface area contributed by atoms with Crippen LogP contribution >= 0.6 is 12.6 Å². The van der Waals surface area contributed by atoms with Gasteiger partial charge in [-0.15, -0.1) is 0 Å². The summed E-state index contributed by atoms with van der Waals surface area (Å²) < 4.78 is 0. The van der Waals surface area contributed by atoms with Crippen molar-refractivity contribution in [3.05, 3.63) is 36.0 Å². The molecule has 0 saturated heterocycles. The number of rotatable bonds is 8. The molecule has 0 aliphatic heterocycles. The number of aromatic nitrogens is 1. The number of benzene rings is 1. The third-order valence-corrected chi connectivity index (χ3v) is 4.45. The molecule has 0 radical (unpaired) electrons. The maximum atomic E-state index is 12.7. The van der Waals surface area contributed by atoms with Gasteiger partial charge in [0.25, 0.3) is 0 Å². The van der Waals surface area contributed by atoms with E-state index in [0.29, 0.717) is 0 Å². The molecule has 1 aromatic carbocycles. The summed E-state index contributed by atoms with van der Waals surface area (Å²) in [5.41, 5.74) is 7.20. The Balaban J connectivity index is 2.23. The number of hydrogen-bond donors (Lipinski definition) is 5. The van der Waals surface area contributed by atoms with Gasteiger partial charge in [-0.3, -0.25) is 14.4 Å². The molecule has 0 unspecified atom stereocenters. The van der Waals surface area contributed by atoms with E-state index in [0.717, 1.165) is 16.5 Å². The Kier molecular flexibility index (Phi) is 6.68. The van der Waals surface area contributed by atoms with Crippen LogP contribution in [0.1, 0.15) is 19.4 Å². The molecule has 2 atom stereocenters. The number of primary amides is 1. The van der Waals surface area contributed by atoms with Gasteiger partial charge in [0, 0.05) is 23.5 Å². The minimum atomic E-state index is -0.838. The van der Waals surface area contributed by atoms with Gasteiger partial charge in [0.2, 0.25) is 17.7 Å². The highest BCUT2D eigenvalue weighted by Gasteiger charge is 2.28. The van der Waals surface area contributed by atoms with Crippen molar-refractivity contribution in [2.75, 3.05) is 5.75 Å². The second-order valence-electron chi connectivity index (χ2n) is 6.47. The molecule has 26 heavy (non-hydrogen) atoms. The fourth-order valence-electron chi connectivity index (χ4n) is 2.79. The van der Waals surface area contributed by atoms with Crippen molar-refractivity contribution < 1.29 is 14.4 Å². The van der Waals surface area contributed by atoms with Crippen molar-refractivity contribution in [3.8, 4) is 0 Å². The highest BCUT2D eigenvalue weighted by atomic mass is 32.1. The van der Waals surface area contributed by atoms with Crippen molar-refractivity contribution in [2.45, 2.75) is 32.4 Å². The number of nitrogens with two attached hydrogens (primary N) is 1. The lowest BCUT2D eigenvalue weighted by atomic mass is 10.0. The number of amides is 3. The summed E-state index contributed by atoms with van der Waals surface area (Å²) in [5.74, 6) is -1.64. The van der Waals surface area contributed by atoms with Gasteiger partial charge in [0.1, 0.15) is 12.1 Å². The molecular weight excluding hydrogens is 352 g/mol. The summed E-state index contributed by atoms with van der Waals surface area (Å²) in [6, 6.07) is 6.05. The predicted octanol–water partition coefficient (Wildman–Crippen LogP) is 0.751. The van der Waals surface area contributed by atoms with E-state index in [1.54, 1.807) is 13.8 Å². The first-order chi connectivity index (χ1) is 12.3. The minimum Gasteiger partial charge on any atom is -0.368 e. The first-order valence-corrected chi connectivity index (χ1v) is 9.01. The van der Waals surface area contributed by atoms with Gasteiger partial charge < -0.3 is 21.4 Å². The second-order valence-corrected chi connectivity index (χ2v) is 6.79. The lowest BCUT2D eigenvalue weighted by Crippen LogP contribution is -2.55. The predicted molar refractivity (Wildman–Crippen MR) is 104 cm³/mol. The third kappa shape index (κ3) is 4.78. The van der Waals surface area contributed by atoms with Crippen molar-refractivity contribution >= 4 is 41.3 Å². The molecule has 5 N–H and O–H groups in total. The molecule has 0 saturated carbocycles. The monoisotopic (exact) mass is 376 g/mol. The molecule has 0 aliphatic rings. The molecule has 3 amide bonds. The van der Waals surface area contributed by atoms with Crippen LogP contribution in [-0.2, 0) is 20.8 Å². The van der Waals surface area contributed by atoms with Gasteiger partial charge in [-0.25, -0.2) is 0 Å². The number of carbonyl (C=O) groups excluding carboxylic acids is 3. The van der Waals surface area contributed by atoms with E-state index in [-0.39, 0.29) is 24.0 Å². The zero-order chi connectivity index (χ0) is 19.3. The Bertz CT molecular complexity index is 803. The molecule has 8 heteroatoms. The molecular formula is C18H24N4O3S. The van der Waals surface area contributed by atoms with Crippen LogP contribution < -0.4 is 16.4 Å². The van der Waals surface area contributed by atoms with E-state index in [1.807, 2.05) is 30.5 Å². The topological polar surface area (TPSA) is 117 Å². The van der Waals surface area contributed by atoms with Crippen LogP contribution in [0.5, 0.6) is 0 Å². The van der Waals surface area contributed by atoms with Crippen LogP contribution in [0.2, 0.25) is 0 Å². The molecule has 1 heterocycles. The number of fused-ring (bicyclic) bond motifs is 1. The Morgan fingerprint density at radius 1 is 1.19 bits per heavy atom. The van der Waals surface area contributed by atoms with E-state index >= 15 is 0 Å². The van der Waals surface area contributed by atoms with Crippen LogP contribution in [0.25, 0.3) is 10.9 Å². The van der Waals surface area contributed by atoms with Crippen molar-refractivity contribution in [1.29, 1.82) is 0 Å². The zero-order valence-electron chi connectivity index (χ0n) is 14.8. The van der Waals surface area contributed by atoms with Gasteiger partial charge in [0.05, 0.1) is 5.75 Å². The van der Waals surface area contributed by atoms with Gasteiger partial charge in [-0.05, 0) is 17.5 Å². The Labute approximate surface area is 157 Å². The van der Waals surface area contributed by atoms with Gasteiger partial charge in [0.15, 0.2) is 0 Å². The summed E-state index contributed by atoms with van der Waals surface area (Å²) in [6.45, 7) is 3.58. The maximum Gasteiger partial charge on any atom is 0.243 e. The maximum absolute atomic E-state index is 12.7. The SMILES string of the molecule is CC(C)[C@H](NC(=O)[C@H](Cc1c[nH]c2ccccc12)NC(=O)CS)C(N)=O. The molecule has 1 aromatic heterocycles. The molecule has 0 bridgehead atoms. The number of nitrogens with one attached hydrogen (secondary N) is 3. The second kappa shape index (κ2) is 8.75. The summed E-state index contributed by atoms with van der Waals surface area (Å²) >= 11 is 3.94. The van der Waals surface area contributed by atoms with Crippen LogP contribution in [0.15, 0.2) is 30.5 Å². The fourth-order valence-corrected chi connectivity index (χ4v) is 2.88. The van der Waals surface area contributed by atoms with Crippen molar-refractivity contribution in [3.63, 3.8) is 0 Å². The van der Waals surface area contributed by atoms with Crippen LogP contribution in [0, 0.1) is 5.92 Å². The molecule has 2 rings (SSSR count). The quantitative estimate of drug-likeness (QED) is 0.438. The standard InChI is InChI=1S/C18H24N4O3S/c1-10(2)16(17(19)24)22-18(25)14(21-15(23)9-26)7-11-8-20-13-6-4-3-5-12(11)13/h3-6,8,10,14,16,20,26H,7,9H2,1-2H3,(H2,19,24)(H,21,23)(H,22,25)/t14-,16-/m0/s1. The highest BCUT2D eigenvalue weighted by molar-refractivity contribution is 7.81. The smallest absolute Gasteiger partial charge is 0.243 e. The lowest BCUT2D eigenvalue weighted by molar-refractivity contribution is -0.131. The minimum absolute atomic E-state index is 0.0406. The first kappa shape index (κ1) is 19.8. The van der Waals surface area contributed by atoms with Crippen molar-refractivity contribution in [2.24, 2.45) is 11.7 Å². The molecule has 0 spiro atoms. The third-order valence-electron chi connectivity index (χ3n) is 4.17. The van der Waals surface area contributed by atoms with E-state index in [2.05, 4.69) is 28.2 Å². The number of hydrogen-bond acceptors (Lipinski definition) is 4. The summed E-state index contributed by atoms with van der Waals surface area (Å²) in [6.07, 6.45) is 2.09. The number of H-pyrrole nitrogens is 1. The van der Waals surface area contributed by atoms with Crippen molar-refractivity contribution in [1.82, 2.24) is 15.6 Å². The average molecular weight is 376 g/mol. The Hall–Kier alpha value is -2.48. The molecule has 7 nitrogen and oxygen atoms in total. The number of carbonyl (C=O) groups is 3. The van der Waals surface area contributed by atoms with E-state index < -0.39 is 23.9 Å². The number of para-hydroxylation sites is 1. The van der Waals surface area contributed by atoms with Crippen LogP contribution in [0.4, 0.5) is 0 Å². The number of thiol groups is 1. The largest absolute Gasteiger partial charge is 0.368 e. The van der Waals surface area contributed by atoms with Gasteiger partial charge >= 0.3 is 0 Å². The van der Waals surface area contributed by atoms with Crippen LogP contribution in [-0.4, -0.2) is 40.5 Å². The number of aromatic amines is 1. The van der Waals surface area contributed by atoms with Gasteiger partial charge in [-0.2, -0.15) is 12.6 Å². The van der Waals surface area contributed by atoms with E-state index in [4.69, 9.17) is 5.73 Å². The molecule has 0 fully saturated rings. The summed E-state index contributed by atoms with van der Waals surface area (Å²) in [7, 11) is 0. The lowest BCUT2D eigenvalue weighted by Gasteiger charge is -2.23. The summed E-state index contributed by atoms with van der Waals surface area (Å²) in [5, 5.41) is 6.27. The average Bonchev–Trinajstić information content (AvgIpc) is 3.01. The highest BCUT2D eigenvalue weighted by Crippen LogP contribution is 2.19. The first-order valence-electron chi connectivity index (χ1n) is 8.38. The fraction of sp³-hybridized carbons (Fsp3) is 0.389. The Morgan fingerprint density at radius 3 is 2.50 bits per heavy atom. The Morgan fingerprint density at radius 2 is 1.88 bits per heavy atom. The molecule has 2 aromatic rings. The van der Waals surface area contributed by atoms with Gasteiger partial charge in [-0.1, -0.05) is 32.0 Å².